The number of aryl methyl sites for hydroxylation is 1. The summed E-state index contributed by atoms with van der Waals surface area (Å²) < 4.78 is 6.32. The fourth-order valence-electron chi connectivity index (χ4n) is 6.35. The first-order valence-electron chi connectivity index (χ1n) is 13.7. The zero-order chi connectivity index (χ0) is 25.6. The predicted octanol–water partition coefficient (Wildman–Crippen LogP) is 4.58. The van der Waals surface area contributed by atoms with Gasteiger partial charge < -0.3 is 4.57 Å². The third-order valence-electron chi connectivity index (χ3n) is 8.51. The molecule has 2 aliphatic carbocycles. The molecule has 196 valence electrons. The number of rotatable bonds is 8. The van der Waals surface area contributed by atoms with Crippen molar-refractivity contribution in [3.8, 4) is 0 Å². The van der Waals surface area contributed by atoms with Gasteiger partial charge in [-0.05, 0) is 49.1 Å². The Labute approximate surface area is 224 Å². The van der Waals surface area contributed by atoms with Crippen molar-refractivity contribution in [2.24, 2.45) is 24.8 Å². The van der Waals surface area contributed by atoms with Gasteiger partial charge in [0.25, 0.3) is 5.56 Å². The lowest BCUT2D eigenvalue weighted by Crippen LogP contribution is -2.24. The van der Waals surface area contributed by atoms with Crippen LogP contribution in [0.15, 0.2) is 41.6 Å². The lowest BCUT2D eigenvalue weighted by atomic mass is 9.78. The molecule has 2 aliphatic rings. The standard InChI is InChI=1S/C28H32N8OS/c1-34-25-23(26-27(34)31-24(38-26)13-21-7-2-3-10-29-21)14-30-36(28(25)37)17-22-16-35(33-32-22)15-20-9-8-19(12-20)11-18-5-4-6-18/h2-3,7,10,14,16,18-20H,4-6,8-9,11-13,15,17H2,1H3. The summed E-state index contributed by atoms with van der Waals surface area (Å²) >= 11 is 1.60. The molecular weight excluding hydrogens is 496 g/mol. The molecular formula is C28H32N8OS. The lowest BCUT2D eigenvalue weighted by Gasteiger charge is -2.28. The van der Waals surface area contributed by atoms with E-state index in [1.807, 2.05) is 40.7 Å². The van der Waals surface area contributed by atoms with Gasteiger partial charge in [0, 0.05) is 37.3 Å². The van der Waals surface area contributed by atoms with Crippen molar-refractivity contribution in [2.45, 2.75) is 64.5 Å². The summed E-state index contributed by atoms with van der Waals surface area (Å²) in [6, 6.07) is 5.90. The SMILES string of the molecule is Cn1c2nc(Cc3ccccn3)sc2c2cnn(Cc3cn(CC4CCC(CC5CCC5)C4)nn3)c(=O)c21. The molecule has 0 spiro atoms. The van der Waals surface area contributed by atoms with Crippen LogP contribution in [0.4, 0.5) is 0 Å². The first-order chi connectivity index (χ1) is 18.6. The van der Waals surface area contributed by atoms with E-state index in [0.29, 0.717) is 24.4 Å². The number of hydrogen-bond donors (Lipinski definition) is 0. The van der Waals surface area contributed by atoms with Crippen molar-refractivity contribution in [3.05, 3.63) is 63.5 Å². The fraction of sp³-hybridized carbons (Fsp3) is 0.500. The fourth-order valence-corrected chi connectivity index (χ4v) is 7.48. The van der Waals surface area contributed by atoms with E-state index < -0.39 is 0 Å². The van der Waals surface area contributed by atoms with E-state index in [4.69, 9.17) is 4.98 Å². The highest BCUT2D eigenvalue weighted by Crippen LogP contribution is 2.40. The molecule has 0 radical (unpaired) electrons. The van der Waals surface area contributed by atoms with Crippen LogP contribution in [-0.4, -0.2) is 39.3 Å². The smallest absolute Gasteiger partial charge is 0.291 e. The largest absolute Gasteiger partial charge is 0.323 e. The number of fused-ring (bicyclic) bond motifs is 3. The normalized spacial score (nSPS) is 20.0. The summed E-state index contributed by atoms with van der Waals surface area (Å²) in [4.78, 5) is 22.7. The number of aromatic nitrogens is 8. The Morgan fingerprint density at radius 1 is 1.08 bits per heavy atom. The van der Waals surface area contributed by atoms with Gasteiger partial charge in [-0.15, -0.1) is 16.4 Å². The molecule has 0 bridgehead atoms. The molecule has 2 unspecified atom stereocenters. The number of thiazole rings is 1. The lowest BCUT2D eigenvalue weighted by molar-refractivity contribution is 0.246. The van der Waals surface area contributed by atoms with Crippen LogP contribution in [0.2, 0.25) is 0 Å². The number of pyridine rings is 1. The topological polar surface area (TPSA) is 96.3 Å². The van der Waals surface area contributed by atoms with Crippen LogP contribution >= 0.6 is 11.3 Å². The van der Waals surface area contributed by atoms with E-state index >= 15 is 0 Å². The summed E-state index contributed by atoms with van der Waals surface area (Å²) in [5.41, 5.74) is 3.03. The maximum absolute atomic E-state index is 13.4. The van der Waals surface area contributed by atoms with Crippen LogP contribution in [0.1, 0.15) is 61.3 Å². The second-order valence-electron chi connectivity index (χ2n) is 11.2. The Bertz CT molecular complexity index is 1640. The predicted molar refractivity (Wildman–Crippen MR) is 147 cm³/mol. The maximum Gasteiger partial charge on any atom is 0.291 e. The molecule has 0 amide bonds. The second kappa shape index (κ2) is 9.72. The average Bonchev–Trinajstić information content (AvgIpc) is 3.67. The number of hydrogen-bond acceptors (Lipinski definition) is 7. The van der Waals surface area contributed by atoms with Gasteiger partial charge in [-0.3, -0.25) is 14.5 Å². The Morgan fingerprint density at radius 3 is 2.79 bits per heavy atom. The van der Waals surface area contributed by atoms with Gasteiger partial charge in [-0.1, -0.05) is 37.0 Å². The van der Waals surface area contributed by atoms with Crippen molar-refractivity contribution >= 4 is 32.6 Å². The van der Waals surface area contributed by atoms with E-state index in [2.05, 4.69) is 20.4 Å². The van der Waals surface area contributed by atoms with Crippen LogP contribution < -0.4 is 5.56 Å². The minimum Gasteiger partial charge on any atom is -0.323 e. The van der Waals surface area contributed by atoms with Crippen molar-refractivity contribution < 1.29 is 0 Å². The third-order valence-corrected chi connectivity index (χ3v) is 9.59. The van der Waals surface area contributed by atoms with Crippen molar-refractivity contribution in [2.75, 3.05) is 0 Å². The van der Waals surface area contributed by atoms with E-state index in [0.717, 1.165) is 50.5 Å². The third kappa shape index (κ3) is 4.44. The van der Waals surface area contributed by atoms with E-state index in [1.54, 1.807) is 23.7 Å². The maximum atomic E-state index is 13.4. The highest BCUT2D eigenvalue weighted by Gasteiger charge is 2.29. The Hall–Kier alpha value is -3.40. The van der Waals surface area contributed by atoms with Gasteiger partial charge in [0.15, 0.2) is 5.65 Å². The van der Waals surface area contributed by atoms with Crippen molar-refractivity contribution in [3.63, 3.8) is 0 Å². The molecule has 7 rings (SSSR count). The molecule has 10 heteroatoms. The Balaban J connectivity index is 1.06. The van der Waals surface area contributed by atoms with Crippen LogP contribution in [-0.2, 0) is 26.6 Å². The minimum absolute atomic E-state index is 0.134. The second-order valence-corrected chi connectivity index (χ2v) is 12.3. The molecule has 5 heterocycles. The van der Waals surface area contributed by atoms with E-state index in [-0.39, 0.29) is 5.56 Å². The molecule has 2 atom stereocenters. The summed E-state index contributed by atoms with van der Waals surface area (Å²) in [7, 11) is 1.90. The Kier molecular flexibility index (Phi) is 6.06. The minimum atomic E-state index is -0.134. The van der Waals surface area contributed by atoms with Gasteiger partial charge in [0.05, 0.1) is 23.6 Å². The van der Waals surface area contributed by atoms with E-state index in [1.165, 1.54) is 49.6 Å². The molecule has 5 aromatic heterocycles. The van der Waals surface area contributed by atoms with E-state index in [9.17, 15) is 4.79 Å². The molecule has 0 N–H and O–H groups in total. The van der Waals surface area contributed by atoms with Gasteiger partial charge >= 0.3 is 0 Å². The summed E-state index contributed by atoms with van der Waals surface area (Å²) in [6.45, 7) is 1.22. The van der Waals surface area contributed by atoms with Crippen LogP contribution in [0.3, 0.4) is 0 Å². The number of nitrogens with zero attached hydrogens (tertiary/aromatic N) is 8. The molecule has 2 saturated carbocycles. The quantitative estimate of drug-likeness (QED) is 0.293. The van der Waals surface area contributed by atoms with Gasteiger partial charge in [-0.2, -0.15) is 5.10 Å². The van der Waals surface area contributed by atoms with Crippen LogP contribution in [0.5, 0.6) is 0 Å². The molecule has 0 aliphatic heterocycles. The molecule has 0 saturated heterocycles. The zero-order valence-electron chi connectivity index (χ0n) is 21.7. The van der Waals surface area contributed by atoms with Crippen molar-refractivity contribution in [1.29, 1.82) is 0 Å². The highest BCUT2D eigenvalue weighted by atomic mass is 32.1. The summed E-state index contributed by atoms with van der Waals surface area (Å²) in [6.07, 6.45) is 15.9. The molecule has 38 heavy (non-hydrogen) atoms. The van der Waals surface area contributed by atoms with Crippen LogP contribution in [0, 0.1) is 17.8 Å². The zero-order valence-corrected chi connectivity index (χ0v) is 22.5. The molecule has 9 nitrogen and oxygen atoms in total. The first kappa shape index (κ1) is 23.7. The van der Waals surface area contributed by atoms with Gasteiger partial charge in [-0.25, -0.2) is 9.67 Å². The molecule has 2 fully saturated rings. The first-order valence-corrected chi connectivity index (χ1v) is 14.5. The average molecular weight is 529 g/mol. The highest BCUT2D eigenvalue weighted by molar-refractivity contribution is 7.19. The molecule has 5 aromatic rings. The summed E-state index contributed by atoms with van der Waals surface area (Å²) in [5.74, 6) is 2.56. The van der Waals surface area contributed by atoms with Gasteiger partial charge in [0.1, 0.15) is 16.2 Å². The molecule has 0 aromatic carbocycles. The van der Waals surface area contributed by atoms with Crippen LogP contribution in [0.25, 0.3) is 21.3 Å². The summed E-state index contributed by atoms with van der Waals surface area (Å²) in [5, 5.41) is 15.1. The van der Waals surface area contributed by atoms with Gasteiger partial charge in [0.2, 0.25) is 0 Å². The Morgan fingerprint density at radius 2 is 1.97 bits per heavy atom. The monoisotopic (exact) mass is 528 g/mol. The van der Waals surface area contributed by atoms with Crippen molar-refractivity contribution in [1.82, 2.24) is 39.3 Å².